The molecule has 27 heavy (non-hydrogen) atoms. The van der Waals surface area contributed by atoms with Crippen molar-refractivity contribution in [2.24, 2.45) is 0 Å². The third-order valence-corrected chi connectivity index (χ3v) is 7.73. The van der Waals surface area contributed by atoms with Crippen molar-refractivity contribution in [1.29, 1.82) is 0 Å². The van der Waals surface area contributed by atoms with Crippen molar-refractivity contribution in [3.05, 3.63) is 93.4 Å². The molecule has 1 aliphatic heterocycles. The van der Waals surface area contributed by atoms with Crippen LogP contribution in [0.25, 0.3) is 0 Å². The van der Waals surface area contributed by atoms with E-state index in [0.29, 0.717) is 5.02 Å². The maximum atomic E-state index is 13.6. The Morgan fingerprint density at radius 3 is 2.15 bits per heavy atom. The predicted octanol–water partition coefficient (Wildman–Crippen LogP) is 6.50. The van der Waals surface area contributed by atoms with Gasteiger partial charge in [0.15, 0.2) is 0 Å². The van der Waals surface area contributed by atoms with Crippen LogP contribution in [-0.4, -0.2) is 9.08 Å². The fourth-order valence-corrected chi connectivity index (χ4v) is 5.60. The Bertz CT molecular complexity index is 935. The van der Waals surface area contributed by atoms with Crippen molar-refractivity contribution in [3.8, 4) is 0 Å². The number of halogens is 2. The summed E-state index contributed by atoms with van der Waals surface area (Å²) in [7, 11) is -1.19. The van der Waals surface area contributed by atoms with Gasteiger partial charge in [-0.2, -0.15) is 0 Å². The van der Waals surface area contributed by atoms with Crippen molar-refractivity contribution >= 4 is 44.0 Å². The Morgan fingerprint density at radius 2 is 1.56 bits per heavy atom. The molecule has 0 bridgehead atoms. The van der Waals surface area contributed by atoms with Crippen molar-refractivity contribution in [3.63, 3.8) is 0 Å². The summed E-state index contributed by atoms with van der Waals surface area (Å²) in [6.07, 6.45) is 0. The first-order chi connectivity index (χ1) is 12.9. The molecule has 0 aliphatic carbocycles. The van der Waals surface area contributed by atoms with Crippen LogP contribution in [0.5, 0.6) is 0 Å². The Labute approximate surface area is 175 Å². The molecule has 1 saturated heterocycles. The zero-order valence-electron chi connectivity index (χ0n) is 15.0. The Balaban J connectivity index is 1.76. The molecule has 138 valence electrons. The summed E-state index contributed by atoms with van der Waals surface area (Å²) in [4.78, 5) is 2.57. The summed E-state index contributed by atoms with van der Waals surface area (Å²) in [5, 5.41) is 0.705. The first-order valence-corrected chi connectivity index (χ1v) is 11.0. The van der Waals surface area contributed by atoms with Gasteiger partial charge in [0.05, 0.1) is 16.8 Å². The summed E-state index contributed by atoms with van der Waals surface area (Å²) < 4.78 is 14.6. The molecule has 0 unspecified atom stereocenters. The highest BCUT2D eigenvalue weighted by atomic mass is 79.9. The molecule has 0 spiro atoms. The van der Waals surface area contributed by atoms with Crippen molar-refractivity contribution in [2.75, 3.05) is 4.90 Å². The van der Waals surface area contributed by atoms with Crippen molar-refractivity contribution in [2.45, 2.75) is 29.7 Å². The minimum absolute atomic E-state index is 0.0260. The van der Waals surface area contributed by atoms with Crippen molar-refractivity contribution in [1.82, 2.24) is 0 Å². The molecule has 1 heterocycles. The van der Waals surface area contributed by atoms with Gasteiger partial charge in [0.1, 0.15) is 4.87 Å². The molecule has 2 nitrogen and oxygen atoms in total. The van der Waals surface area contributed by atoms with Crippen LogP contribution in [0.1, 0.15) is 24.1 Å². The van der Waals surface area contributed by atoms with E-state index < -0.39 is 15.7 Å². The lowest BCUT2D eigenvalue weighted by Gasteiger charge is -2.13. The molecule has 5 heteroatoms. The molecule has 1 fully saturated rings. The molecule has 0 saturated carbocycles. The number of benzene rings is 3. The third-order valence-electron chi connectivity index (χ3n) is 5.08. The molecule has 3 aromatic rings. The smallest absolute Gasteiger partial charge is 0.143 e. The lowest BCUT2D eigenvalue weighted by Crippen LogP contribution is -2.21. The summed E-state index contributed by atoms with van der Waals surface area (Å²) in [5.74, 6) is 0. The fourth-order valence-electron chi connectivity index (χ4n) is 3.57. The number of hydrogen-bond acceptors (Lipinski definition) is 2. The molecule has 3 atom stereocenters. The van der Waals surface area contributed by atoms with Gasteiger partial charge in [0.25, 0.3) is 0 Å². The lowest BCUT2D eigenvalue weighted by molar-refractivity contribution is 0.670. The van der Waals surface area contributed by atoms with E-state index in [1.807, 2.05) is 67.6 Å². The third kappa shape index (κ3) is 3.35. The SMILES string of the molecule is Cc1ccc([S@@](=O)[C@]2(C)[C@@H](c3ccc(Cl)cc3)N2c2ccc(Br)cc2)cc1. The first kappa shape index (κ1) is 18.7. The van der Waals surface area contributed by atoms with Gasteiger partial charge in [-0.3, -0.25) is 4.21 Å². The van der Waals surface area contributed by atoms with E-state index in [-0.39, 0.29) is 6.04 Å². The van der Waals surface area contributed by atoms with Gasteiger partial charge in [-0.15, -0.1) is 0 Å². The fraction of sp³-hybridized carbons (Fsp3) is 0.182. The summed E-state index contributed by atoms with van der Waals surface area (Å²) in [6.45, 7) is 4.11. The quantitative estimate of drug-likeness (QED) is 0.414. The van der Waals surface area contributed by atoms with Crippen LogP contribution in [0.4, 0.5) is 5.69 Å². The molecule has 4 rings (SSSR count). The van der Waals surface area contributed by atoms with Crippen LogP contribution in [0.15, 0.2) is 82.2 Å². The van der Waals surface area contributed by atoms with Crippen LogP contribution in [0.2, 0.25) is 5.02 Å². The van der Waals surface area contributed by atoms with Crippen LogP contribution in [-0.2, 0) is 10.8 Å². The summed E-state index contributed by atoms with van der Waals surface area (Å²) >= 11 is 9.56. The topological polar surface area (TPSA) is 20.1 Å². The highest BCUT2D eigenvalue weighted by molar-refractivity contribution is 9.10. The highest BCUT2D eigenvalue weighted by Crippen LogP contribution is 2.58. The molecule has 1 aliphatic rings. The van der Waals surface area contributed by atoms with Crippen LogP contribution >= 0.6 is 27.5 Å². The monoisotopic (exact) mass is 459 g/mol. The number of nitrogens with zero attached hydrogens (tertiary/aromatic N) is 1. The second-order valence-corrected chi connectivity index (χ2v) is 10.1. The van der Waals surface area contributed by atoms with E-state index in [0.717, 1.165) is 26.2 Å². The van der Waals surface area contributed by atoms with Crippen molar-refractivity contribution < 1.29 is 4.21 Å². The summed E-state index contributed by atoms with van der Waals surface area (Å²) in [5.41, 5.74) is 3.34. The van der Waals surface area contributed by atoms with E-state index >= 15 is 0 Å². The number of hydrogen-bond donors (Lipinski definition) is 0. The second-order valence-electron chi connectivity index (χ2n) is 6.94. The second kappa shape index (κ2) is 7.08. The highest BCUT2D eigenvalue weighted by Gasteiger charge is 2.64. The Morgan fingerprint density at radius 1 is 0.963 bits per heavy atom. The van der Waals surface area contributed by atoms with E-state index in [9.17, 15) is 4.21 Å². The Hall–Kier alpha value is -1.62. The van der Waals surface area contributed by atoms with Gasteiger partial charge in [-0.25, -0.2) is 0 Å². The largest absolute Gasteiger partial charge is 0.342 e. The van der Waals surface area contributed by atoms with Crippen LogP contribution in [0, 0.1) is 6.92 Å². The minimum atomic E-state index is -1.19. The van der Waals surface area contributed by atoms with Gasteiger partial charge < -0.3 is 4.90 Å². The van der Waals surface area contributed by atoms with E-state index in [1.54, 1.807) is 0 Å². The minimum Gasteiger partial charge on any atom is -0.342 e. The predicted molar refractivity (Wildman–Crippen MR) is 117 cm³/mol. The first-order valence-electron chi connectivity index (χ1n) is 8.70. The number of aryl methyl sites for hydroxylation is 1. The van der Waals surface area contributed by atoms with Crippen LogP contribution < -0.4 is 4.90 Å². The van der Waals surface area contributed by atoms with Gasteiger partial charge >= 0.3 is 0 Å². The van der Waals surface area contributed by atoms with Crippen LogP contribution in [0.3, 0.4) is 0 Å². The molecule has 0 amide bonds. The lowest BCUT2D eigenvalue weighted by atomic mass is 10.1. The van der Waals surface area contributed by atoms with E-state index in [1.165, 1.54) is 0 Å². The number of rotatable bonds is 4. The molecule has 3 aromatic carbocycles. The maximum Gasteiger partial charge on any atom is 0.143 e. The molecule has 0 N–H and O–H groups in total. The van der Waals surface area contributed by atoms with E-state index in [4.69, 9.17) is 11.6 Å². The summed E-state index contributed by atoms with van der Waals surface area (Å²) in [6, 6.07) is 24.0. The van der Waals surface area contributed by atoms with Gasteiger partial charge in [0.2, 0.25) is 0 Å². The standard InChI is InChI=1S/C22H19BrClNOS/c1-15-3-13-20(14-4-15)27(26)22(2)21(16-5-9-18(24)10-6-16)25(22)19-11-7-17(23)8-12-19/h3-14,21H,1-2H3/t21-,22-,25?,27-/m1/s1. The molecular formula is C22H19BrClNOS. The zero-order valence-corrected chi connectivity index (χ0v) is 18.2. The average molecular weight is 461 g/mol. The molecule has 0 aromatic heterocycles. The zero-order chi connectivity index (χ0) is 19.2. The molecular weight excluding hydrogens is 442 g/mol. The number of anilines is 1. The van der Waals surface area contributed by atoms with Gasteiger partial charge in [0, 0.05) is 20.1 Å². The molecule has 0 radical (unpaired) electrons. The van der Waals surface area contributed by atoms with E-state index in [2.05, 4.69) is 39.9 Å². The van der Waals surface area contributed by atoms with Gasteiger partial charge in [-0.1, -0.05) is 57.4 Å². The maximum absolute atomic E-state index is 13.6. The van der Waals surface area contributed by atoms with Gasteiger partial charge in [-0.05, 0) is 67.9 Å². The average Bonchev–Trinajstić information content (AvgIpc) is 3.30. The normalized spacial score (nSPS) is 22.5. The Kier molecular flexibility index (Phi) is 4.91.